The van der Waals surface area contributed by atoms with E-state index in [0.717, 1.165) is 0 Å². The minimum atomic E-state index is -1.06. The largest absolute Gasteiger partial charge is 0.478 e. The first-order valence-electron chi connectivity index (χ1n) is 7.74. The van der Waals surface area contributed by atoms with Gasteiger partial charge in [0.15, 0.2) is 0 Å². The van der Waals surface area contributed by atoms with E-state index in [1.165, 1.54) is 63.0 Å². The van der Waals surface area contributed by atoms with E-state index in [-0.39, 0.29) is 11.1 Å². The molecule has 3 N–H and O–H groups in total. The van der Waals surface area contributed by atoms with Gasteiger partial charge in [-0.3, -0.25) is 0 Å². The molecule has 0 amide bonds. The fraction of sp³-hybridized carbons (Fsp3) is 0.529. The van der Waals surface area contributed by atoms with Gasteiger partial charge in [-0.1, -0.05) is 12.8 Å². The third-order valence-corrected chi connectivity index (χ3v) is 3.16. The Bertz CT molecular complexity index is 425. The standard InChI is InChI=1S/C9H22N2.C8H6O4/c1-10-8-6-4-5-7-9-11(2)3;9-7(10)5-1-2-6(4-3-5)8(11)12/h10H,4-9H2,1-3H3;1-4H,(H,9,10)(H,11,12). The Balaban J connectivity index is 0.000000423. The molecule has 0 aromatic heterocycles. The molecule has 0 saturated carbocycles. The lowest BCUT2D eigenvalue weighted by Crippen LogP contribution is -2.13. The topological polar surface area (TPSA) is 89.9 Å². The molecule has 0 aliphatic heterocycles. The molecular weight excluding hydrogens is 296 g/mol. The Morgan fingerprint density at radius 2 is 1.35 bits per heavy atom. The molecule has 130 valence electrons. The van der Waals surface area contributed by atoms with E-state index in [1.54, 1.807) is 0 Å². The SMILES string of the molecule is CNCCCCCCN(C)C.O=C(O)c1ccc(C(=O)O)cc1. The van der Waals surface area contributed by atoms with E-state index in [9.17, 15) is 9.59 Å². The minimum Gasteiger partial charge on any atom is -0.478 e. The third kappa shape index (κ3) is 11.3. The molecule has 0 radical (unpaired) electrons. The molecule has 1 aromatic carbocycles. The zero-order valence-electron chi connectivity index (χ0n) is 14.2. The summed E-state index contributed by atoms with van der Waals surface area (Å²) in [6.45, 7) is 2.40. The lowest BCUT2D eigenvalue weighted by molar-refractivity contribution is 0.0681. The summed E-state index contributed by atoms with van der Waals surface area (Å²) in [6.07, 6.45) is 5.41. The number of carboxylic acids is 2. The molecule has 6 heteroatoms. The number of nitrogens with zero attached hydrogens (tertiary/aromatic N) is 1. The Kier molecular flexibility index (Phi) is 11.6. The van der Waals surface area contributed by atoms with Crippen molar-refractivity contribution in [2.24, 2.45) is 0 Å². The Morgan fingerprint density at radius 1 is 0.913 bits per heavy atom. The van der Waals surface area contributed by atoms with Gasteiger partial charge in [-0.2, -0.15) is 0 Å². The second-order valence-electron chi connectivity index (χ2n) is 5.51. The van der Waals surface area contributed by atoms with E-state index < -0.39 is 11.9 Å². The molecule has 0 aliphatic rings. The van der Waals surface area contributed by atoms with Gasteiger partial charge in [0.1, 0.15) is 0 Å². The molecule has 0 fully saturated rings. The first-order chi connectivity index (χ1) is 10.9. The van der Waals surface area contributed by atoms with Crippen molar-refractivity contribution in [2.45, 2.75) is 25.7 Å². The van der Waals surface area contributed by atoms with E-state index in [1.807, 2.05) is 7.05 Å². The van der Waals surface area contributed by atoms with Gasteiger partial charge >= 0.3 is 11.9 Å². The number of hydrogen-bond acceptors (Lipinski definition) is 4. The lowest BCUT2D eigenvalue weighted by Gasteiger charge is -2.08. The fourth-order valence-corrected chi connectivity index (χ4v) is 1.84. The molecule has 23 heavy (non-hydrogen) atoms. The van der Waals surface area contributed by atoms with Crippen molar-refractivity contribution in [3.63, 3.8) is 0 Å². The lowest BCUT2D eigenvalue weighted by atomic mass is 10.1. The second kappa shape index (κ2) is 12.6. The summed E-state index contributed by atoms with van der Waals surface area (Å²) in [5.41, 5.74) is 0.167. The quantitative estimate of drug-likeness (QED) is 0.604. The fourth-order valence-electron chi connectivity index (χ4n) is 1.84. The first kappa shape index (κ1) is 21.1. The summed E-state index contributed by atoms with van der Waals surface area (Å²) in [5.74, 6) is -2.13. The third-order valence-electron chi connectivity index (χ3n) is 3.16. The number of hydrogen-bond donors (Lipinski definition) is 3. The van der Waals surface area contributed by atoms with Gasteiger partial charge in [-0.25, -0.2) is 9.59 Å². The van der Waals surface area contributed by atoms with Crippen LogP contribution in [0.4, 0.5) is 0 Å². The van der Waals surface area contributed by atoms with Crippen LogP contribution < -0.4 is 5.32 Å². The number of benzene rings is 1. The molecule has 0 atom stereocenters. The van der Waals surface area contributed by atoms with Gasteiger partial charge in [0, 0.05) is 0 Å². The van der Waals surface area contributed by atoms with Crippen molar-refractivity contribution >= 4 is 11.9 Å². The van der Waals surface area contributed by atoms with Crippen LogP contribution >= 0.6 is 0 Å². The van der Waals surface area contributed by atoms with Crippen LogP contribution in [0.3, 0.4) is 0 Å². The molecular formula is C17H28N2O4. The van der Waals surface area contributed by atoms with E-state index >= 15 is 0 Å². The summed E-state index contributed by atoms with van der Waals surface area (Å²) in [7, 11) is 6.28. The van der Waals surface area contributed by atoms with Crippen LogP contribution in [-0.4, -0.2) is 61.3 Å². The maximum Gasteiger partial charge on any atom is 0.335 e. The van der Waals surface area contributed by atoms with Crippen molar-refractivity contribution in [2.75, 3.05) is 34.2 Å². The van der Waals surface area contributed by atoms with Gasteiger partial charge in [-0.05, 0) is 71.3 Å². The Morgan fingerprint density at radius 3 is 1.70 bits per heavy atom. The monoisotopic (exact) mass is 324 g/mol. The molecule has 0 unspecified atom stereocenters. The minimum absolute atomic E-state index is 0.0833. The van der Waals surface area contributed by atoms with Crippen molar-refractivity contribution in [3.05, 3.63) is 35.4 Å². The van der Waals surface area contributed by atoms with Crippen molar-refractivity contribution < 1.29 is 19.8 Å². The highest BCUT2D eigenvalue weighted by Gasteiger charge is 2.04. The van der Waals surface area contributed by atoms with Crippen LogP contribution in [0.15, 0.2) is 24.3 Å². The predicted molar refractivity (Wildman–Crippen MR) is 91.3 cm³/mol. The number of unbranched alkanes of at least 4 members (excludes halogenated alkanes) is 3. The summed E-state index contributed by atoms with van der Waals surface area (Å²) < 4.78 is 0. The van der Waals surface area contributed by atoms with Crippen LogP contribution in [0, 0.1) is 0 Å². The van der Waals surface area contributed by atoms with Crippen LogP contribution in [-0.2, 0) is 0 Å². The van der Waals surface area contributed by atoms with E-state index in [0.29, 0.717) is 0 Å². The van der Waals surface area contributed by atoms with E-state index in [2.05, 4.69) is 24.3 Å². The van der Waals surface area contributed by atoms with Gasteiger partial charge in [0.2, 0.25) is 0 Å². The zero-order chi connectivity index (χ0) is 17.7. The smallest absolute Gasteiger partial charge is 0.335 e. The number of carboxylic acid groups (broad SMARTS) is 2. The maximum atomic E-state index is 10.3. The highest BCUT2D eigenvalue weighted by atomic mass is 16.4. The second-order valence-corrected chi connectivity index (χ2v) is 5.51. The summed E-state index contributed by atoms with van der Waals surface area (Å²) in [4.78, 5) is 22.9. The molecule has 0 heterocycles. The summed E-state index contributed by atoms with van der Waals surface area (Å²) in [5, 5.41) is 20.1. The van der Waals surface area contributed by atoms with Gasteiger partial charge in [-0.15, -0.1) is 0 Å². The molecule has 1 aromatic rings. The Labute approximate surface area is 138 Å². The first-order valence-corrected chi connectivity index (χ1v) is 7.74. The average molecular weight is 324 g/mol. The van der Waals surface area contributed by atoms with E-state index in [4.69, 9.17) is 10.2 Å². The maximum absolute atomic E-state index is 10.3. The molecule has 0 spiro atoms. The Hall–Kier alpha value is -1.92. The summed E-state index contributed by atoms with van der Waals surface area (Å²) >= 11 is 0. The molecule has 0 saturated heterocycles. The molecule has 0 aliphatic carbocycles. The molecule has 1 rings (SSSR count). The van der Waals surface area contributed by atoms with Crippen molar-refractivity contribution in [1.29, 1.82) is 0 Å². The zero-order valence-corrected chi connectivity index (χ0v) is 14.2. The number of aromatic carboxylic acids is 2. The van der Waals surface area contributed by atoms with Crippen molar-refractivity contribution in [3.8, 4) is 0 Å². The van der Waals surface area contributed by atoms with Gasteiger partial charge < -0.3 is 20.4 Å². The highest BCUT2D eigenvalue weighted by molar-refractivity contribution is 5.91. The number of carbonyl (C=O) groups is 2. The average Bonchev–Trinajstić information content (AvgIpc) is 2.51. The highest BCUT2D eigenvalue weighted by Crippen LogP contribution is 2.03. The number of nitrogens with one attached hydrogen (secondary N) is 1. The summed E-state index contributed by atoms with van der Waals surface area (Å²) in [6, 6.07) is 5.02. The van der Waals surface area contributed by atoms with Crippen LogP contribution in [0.1, 0.15) is 46.4 Å². The van der Waals surface area contributed by atoms with Gasteiger partial charge in [0.05, 0.1) is 11.1 Å². The van der Waals surface area contributed by atoms with Crippen LogP contribution in [0.25, 0.3) is 0 Å². The number of rotatable bonds is 9. The van der Waals surface area contributed by atoms with Crippen molar-refractivity contribution in [1.82, 2.24) is 10.2 Å². The predicted octanol–water partition coefficient (Wildman–Crippen LogP) is 2.41. The van der Waals surface area contributed by atoms with Crippen LogP contribution in [0.5, 0.6) is 0 Å². The van der Waals surface area contributed by atoms with Crippen LogP contribution in [0.2, 0.25) is 0 Å². The molecule has 0 bridgehead atoms. The molecule has 6 nitrogen and oxygen atoms in total. The normalized spacial score (nSPS) is 10.1. The van der Waals surface area contributed by atoms with Gasteiger partial charge in [0.25, 0.3) is 0 Å².